The quantitative estimate of drug-likeness (QED) is 0.837. The van der Waals surface area contributed by atoms with Crippen LogP contribution in [0.2, 0.25) is 0 Å². The molecule has 1 atom stereocenters. The lowest BCUT2D eigenvalue weighted by Gasteiger charge is -2.22. The van der Waals surface area contributed by atoms with E-state index in [9.17, 15) is 4.79 Å². The second-order valence-electron chi connectivity index (χ2n) is 4.77. The number of likely N-dealkylation sites (N-methyl/N-ethyl adjacent to an activating group) is 1. The molecule has 3 N–H and O–H groups in total. The van der Waals surface area contributed by atoms with Crippen LogP contribution >= 0.6 is 0 Å². The molecule has 0 saturated heterocycles. The highest BCUT2D eigenvalue weighted by molar-refractivity contribution is 5.96. The fourth-order valence-electron chi connectivity index (χ4n) is 1.84. The van der Waals surface area contributed by atoms with Gasteiger partial charge in [0.1, 0.15) is 11.8 Å². The van der Waals surface area contributed by atoms with E-state index in [1.165, 1.54) is 4.90 Å². The summed E-state index contributed by atoms with van der Waals surface area (Å²) < 4.78 is 5.30. The maximum absolute atomic E-state index is 11.9. The molecule has 106 valence electrons. The summed E-state index contributed by atoms with van der Waals surface area (Å²) in [5.74, 6) is 0.762. The van der Waals surface area contributed by atoms with E-state index in [0.717, 1.165) is 17.0 Å². The van der Waals surface area contributed by atoms with Crippen molar-refractivity contribution in [1.29, 1.82) is 0 Å². The molecule has 0 aliphatic heterocycles. The van der Waals surface area contributed by atoms with Gasteiger partial charge in [-0.25, -0.2) is 0 Å². The predicted octanol–water partition coefficient (Wildman–Crippen LogP) is 1.10. The van der Waals surface area contributed by atoms with Crippen LogP contribution in [0.15, 0.2) is 18.2 Å². The molecule has 1 rings (SSSR count). The van der Waals surface area contributed by atoms with Gasteiger partial charge in [0.25, 0.3) is 0 Å². The number of aliphatic hydroxyl groups excluding tert-OH is 1. The van der Waals surface area contributed by atoms with E-state index in [-0.39, 0.29) is 18.4 Å². The molecular formula is C14H22N2O3. The summed E-state index contributed by atoms with van der Waals surface area (Å²) >= 11 is 0. The second-order valence-corrected chi connectivity index (χ2v) is 4.77. The molecule has 0 saturated carbocycles. The molecule has 0 heterocycles. The van der Waals surface area contributed by atoms with Crippen molar-refractivity contribution in [1.82, 2.24) is 0 Å². The Morgan fingerprint density at radius 2 is 2.11 bits per heavy atom. The summed E-state index contributed by atoms with van der Waals surface area (Å²) in [4.78, 5) is 13.4. The van der Waals surface area contributed by atoms with Crippen LogP contribution in [0.1, 0.15) is 25.3 Å². The van der Waals surface area contributed by atoms with Gasteiger partial charge in [-0.1, -0.05) is 13.8 Å². The molecule has 0 bridgehead atoms. The first kappa shape index (κ1) is 15.5. The minimum absolute atomic E-state index is 0.282. The molecule has 0 aliphatic rings. The van der Waals surface area contributed by atoms with Crippen LogP contribution < -0.4 is 15.4 Å². The minimum Gasteiger partial charge on any atom is -0.496 e. The number of amides is 1. The first-order valence-electron chi connectivity index (χ1n) is 6.24. The Kier molecular flexibility index (Phi) is 5.32. The maximum Gasteiger partial charge on any atom is 0.246 e. The molecular weight excluding hydrogens is 244 g/mol. The Bertz CT molecular complexity index is 446. The molecule has 5 heteroatoms. The zero-order valence-electron chi connectivity index (χ0n) is 11.9. The lowest BCUT2D eigenvalue weighted by Crippen LogP contribution is -2.44. The zero-order chi connectivity index (χ0) is 14.6. The summed E-state index contributed by atoms with van der Waals surface area (Å²) in [6.45, 7) is 3.75. The lowest BCUT2D eigenvalue weighted by atomic mass is 10.0. The van der Waals surface area contributed by atoms with Crippen LogP contribution in [-0.4, -0.2) is 37.8 Å². The standard InChI is InChI=1S/C14H22N2O3/c1-9(2)11-7-10(5-6-13(11)19-4)16(3)14(18)12(15)8-17/h5-7,9,12,17H,8,15H2,1-4H3. The van der Waals surface area contributed by atoms with E-state index < -0.39 is 6.04 Å². The van der Waals surface area contributed by atoms with Crippen molar-refractivity contribution in [3.63, 3.8) is 0 Å². The van der Waals surface area contributed by atoms with Crippen LogP contribution in [0.4, 0.5) is 5.69 Å². The summed E-state index contributed by atoms with van der Waals surface area (Å²) in [5.41, 5.74) is 7.30. The average Bonchev–Trinajstić information content (AvgIpc) is 2.43. The fourth-order valence-corrected chi connectivity index (χ4v) is 1.84. The van der Waals surface area contributed by atoms with Gasteiger partial charge in [0.15, 0.2) is 0 Å². The van der Waals surface area contributed by atoms with Gasteiger partial charge in [-0.05, 0) is 29.7 Å². The molecule has 0 radical (unpaired) electrons. The van der Waals surface area contributed by atoms with Crippen LogP contribution in [0.25, 0.3) is 0 Å². The van der Waals surface area contributed by atoms with Crippen molar-refractivity contribution in [2.45, 2.75) is 25.8 Å². The summed E-state index contributed by atoms with van der Waals surface area (Å²) in [6, 6.07) is 4.64. The number of anilines is 1. The Morgan fingerprint density at radius 1 is 1.47 bits per heavy atom. The highest BCUT2D eigenvalue weighted by Gasteiger charge is 2.19. The van der Waals surface area contributed by atoms with E-state index in [4.69, 9.17) is 15.6 Å². The van der Waals surface area contributed by atoms with Gasteiger partial charge in [0, 0.05) is 12.7 Å². The van der Waals surface area contributed by atoms with Crippen molar-refractivity contribution < 1.29 is 14.6 Å². The van der Waals surface area contributed by atoms with Crippen molar-refractivity contribution in [3.8, 4) is 5.75 Å². The first-order chi connectivity index (χ1) is 8.92. The number of hydrogen-bond acceptors (Lipinski definition) is 4. The number of ether oxygens (including phenoxy) is 1. The number of methoxy groups -OCH3 is 1. The Balaban J connectivity index is 3.08. The van der Waals surface area contributed by atoms with E-state index in [1.54, 1.807) is 20.2 Å². The Labute approximate surface area is 114 Å². The molecule has 1 unspecified atom stereocenters. The number of carbonyl (C=O) groups is 1. The number of rotatable bonds is 5. The Morgan fingerprint density at radius 3 is 2.58 bits per heavy atom. The second kappa shape index (κ2) is 6.54. The number of aliphatic hydroxyl groups is 1. The summed E-state index contributed by atoms with van der Waals surface area (Å²) in [6.07, 6.45) is 0. The molecule has 1 aromatic carbocycles. The third kappa shape index (κ3) is 3.45. The number of nitrogens with two attached hydrogens (primary N) is 1. The number of nitrogens with zero attached hydrogens (tertiary/aromatic N) is 1. The molecule has 0 spiro atoms. The van der Waals surface area contributed by atoms with Gasteiger partial charge >= 0.3 is 0 Å². The van der Waals surface area contributed by atoms with Crippen LogP contribution in [0.5, 0.6) is 5.75 Å². The average molecular weight is 266 g/mol. The van der Waals surface area contributed by atoms with Gasteiger partial charge in [-0.15, -0.1) is 0 Å². The van der Waals surface area contributed by atoms with Gasteiger partial charge < -0.3 is 20.5 Å². The largest absolute Gasteiger partial charge is 0.496 e. The highest BCUT2D eigenvalue weighted by Crippen LogP contribution is 2.30. The van der Waals surface area contributed by atoms with E-state index in [0.29, 0.717) is 0 Å². The molecule has 1 amide bonds. The van der Waals surface area contributed by atoms with E-state index >= 15 is 0 Å². The third-order valence-corrected chi connectivity index (χ3v) is 3.07. The maximum atomic E-state index is 11.9. The van der Waals surface area contributed by atoms with Crippen molar-refractivity contribution in [2.24, 2.45) is 5.73 Å². The van der Waals surface area contributed by atoms with Gasteiger partial charge in [0.2, 0.25) is 5.91 Å². The zero-order valence-corrected chi connectivity index (χ0v) is 11.9. The van der Waals surface area contributed by atoms with Gasteiger partial charge in [0.05, 0.1) is 13.7 Å². The summed E-state index contributed by atoms with van der Waals surface area (Å²) in [7, 11) is 3.27. The Hall–Kier alpha value is -1.59. The molecule has 0 aromatic heterocycles. The smallest absolute Gasteiger partial charge is 0.246 e. The molecule has 0 fully saturated rings. The van der Waals surface area contributed by atoms with Crippen molar-refractivity contribution in [2.75, 3.05) is 25.7 Å². The van der Waals surface area contributed by atoms with Crippen LogP contribution in [-0.2, 0) is 4.79 Å². The van der Waals surface area contributed by atoms with E-state index in [1.807, 2.05) is 12.1 Å². The summed E-state index contributed by atoms with van der Waals surface area (Å²) in [5, 5.41) is 8.93. The predicted molar refractivity (Wildman–Crippen MR) is 75.6 cm³/mol. The fraction of sp³-hybridized carbons (Fsp3) is 0.500. The SMILES string of the molecule is COc1ccc(N(C)C(=O)C(N)CO)cc1C(C)C. The lowest BCUT2D eigenvalue weighted by molar-refractivity contribution is -0.120. The van der Waals surface area contributed by atoms with Gasteiger partial charge in [-0.3, -0.25) is 4.79 Å². The van der Waals surface area contributed by atoms with Crippen molar-refractivity contribution >= 4 is 11.6 Å². The molecule has 1 aromatic rings. The molecule has 5 nitrogen and oxygen atoms in total. The monoisotopic (exact) mass is 266 g/mol. The van der Waals surface area contributed by atoms with Crippen LogP contribution in [0.3, 0.4) is 0 Å². The number of carbonyl (C=O) groups excluding carboxylic acids is 1. The normalized spacial score (nSPS) is 12.4. The number of hydrogen-bond donors (Lipinski definition) is 2. The number of benzene rings is 1. The highest BCUT2D eigenvalue weighted by atomic mass is 16.5. The first-order valence-corrected chi connectivity index (χ1v) is 6.24. The third-order valence-electron chi connectivity index (χ3n) is 3.07. The molecule has 19 heavy (non-hydrogen) atoms. The topological polar surface area (TPSA) is 75.8 Å². The minimum atomic E-state index is -0.894. The molecule has 0 aliphatic carbocycles. The van der Waals surface area contributed by atoms with Crippen molar-refractivity contribution in [3.05, 3.63) is 23.8 Å². The van der Waals surface area contributed by atoms with Crippen LogP contribution in [0, 0.1) is 0 Å². The van der Waals surface area contributed by atoms with Gasteiger partial charge in [-0.2, -0.15) is 0 Å². The van der Waals surface area contributed by atoms with E-state index in [2.05, 4.69) is 13.8 Å².